The fourth-order valence-electron chi connectivity index (χ4n) is 1.68. The molecule has 0 saturated heterocycles. The van der Waals surface area contributed by atoms with Gasteiger partial charge in [-0.15, -0.1) is 24.8 Å². The van der Waals surface area contributed by atoms with E-state index in [0.717, 1.165) is 0 Å². The molecule has 0 aliphatic carbocycles. The van der Waals surface area contributed by atoms with Gasteiger partial charge in [0.15, 0.2) is 5.82 Å². The molecule has 1 aromatic rings. The van der Waals surface area contributed by atoms with Gasteiger partial charge in [-0.1, -0.05) is 0 Å². The predicted octanol–water partition coefficient (Wildman–Crippen LogP) is 1.22. The molecule has 1 aliphatic heterocycles. The van der Waals surface area contributed by atoms with Gasteiger partial charge >= 0.3 is 0 Å². The maximum Gasteiger partial charge on any atom is 0.277 e. The summed E-state index contributed by atoms with van der Waals surface area (Å²) in [7, 11) is 0. The molecule has 1 aliphatic rings. The molecule has 0 radical (unpaired) electrons. The third-order valence-corrected chi connectivity index (χ3v) is 2.52. The van der Waals surface area contributed by atoms with Crippen LogP contribution in [-0.4, -0.2) is 34.8 Å². The second-order valence-electron chi connectivity index (χ2n) is 5.32. The van der Waals surface area contributed by atoms with E-state index in [4.69, 9.17) is 10.5 Å². The molecule has 1 unspecified atom stereocenters. The van der Waals surface area contributed by atoms with Crippen LogP contribution in [0, 0.1) is 0 Å². The Morgan fingerprint density at radius 2 is 2.05 bits per heavy atom. The Labute approximate surface area is 129 Å². The number of rotatable bonds is 2. The summed E-state index contributed by atoms with van der Waals surface area (Å²) in [6.07, 6.45) is 0. The van der Waals surface area contributed by atoms with E-state index in [-0.39, 0.29) is 48.0 Å². The van der Waals surface area contributed by atoms with Crippen LogP contribution >= 0.6 is 24.8 Å². The number of nitrogens with one attached hydrogen (secondary N) is 3. The molecule has 0 fully saturated rings. The quantitative estimate of drug-likeness (QED) is 0.651. The molecule has 0 saturated carbocycles. The van der Waals surface area contributed by atoms with E-state index in [1.54, 1.807) is 0 Å². The zero-order valence-corrected chi connectivity index (χ0v) is 13.3. The van der Waals surface area contributed by atoms with Crippen LogP contribution in [0.4, 0.5) is 17.5 Å². The Hall–Kier alpha value is -1.18. The third-order valence-electron chi connectivity index (χ3n) is 2.52. The van der Waals surface area contributed by atoms with Crippen LogP contribution in [-0.2, 0) is 4.74 Å². The molecule has 2 heterocycles. The number of aromatic amines is 1. The van der Waals surface area contributed by atoms with Crippen molar-refractivity contribution in [3.63, 3.8) is 0 Å². The van der Waals surface area contributed by atoms with E-state index in [2.05, 4.69) is 20.6 Å². The van der Waals surface area contributed by atoms with Crippen molar-refractivity contribution >= 4 is 42.3 Å². The van der Waals surface area contributed by atoms with Gasteiger partial charge in [0.2, 0.25) is 5.95 Å². The van der Waals surface area contributed by atoms with Gasteiger partial charge < -0.3 is 21.1 Å². The van der Waals surface area contributed by atoms with Gasteiger partial charge in [0.25, 0.3) is 5.56 Å². The normalized spacial score (nSPS) is 16.9. The van der Waals surface area contributed by atoms with E-state index in [9.17, 15) is 4.79 Å². The monoisotopic (exact) mass is 325 g/mol. The van der Waals surface area contributed by atoms with Gasteiger partial charge in [-0.3, -0.25) is 9.78 Å². The highest BCUT2D eigenvalue weighted by atomic mass is 35.5. The number of halogens is 2. The fraction of sp³-hybridized carbons (Fsp3) is 0.636. The first kappa shape index (κ1) is 18.8. The molecule has 0 amide bonds. The number of aromatic nitrogens is 2. The molecule has 0 aromatic carbocycles. The standard InChI is InChI=1S/C11H19N5O2.2ClH/c1-11(2,3)18-5-6-4-13-8-7(14-6)9(17)16-10(12)15-8;;/h6,14H,4-5H2,1-3H3,(H4,12,13,15,16,17);2*1H. The number of nitrogens with two attached hydrogens (primary N) is 1. The maximum absolute atomic E-state index is 11.7. The number of nitrogens with zero attached hydrogens (tertiary/aromatic N) is 1. The number of hydrogen-bond acceptors (Lipinski definition) is 6. The van der Waals surface area contributed by atoms with Gasteiger partial charge in [0, 0.05) is 6.54 Å². The van der Waals surface area contributed by atoms with Crippen LogP contribution in [0.2, 0.25) is 0 Å². The number of nitrogen functional groups attached to an aromatic ring is 1. The van der Waals surface area contributed by atoms with Crippen molar-refractivity contribution in [1.82, 2.24) is 9.97 Å². The van der Waals surface area contributed by atoms with Crippen molar-refractivity contribution in [3.8, 4) is 0 Å². The van der Waals surface area contributed by atoms with Gasteiger partial charge in [-0.05, 0) is 20.8 Å². The van der Waals surface area contributed by atoms with Crippen LogP contribution in [0.5, 0.6) is 0 Å². The van der Waals surface area contributed by atoms with Crippen molar-refractivity contribution in [2.45, 2.75) is 32.4 Å². The van der Waals surface area contributed by atoms with Crippen molar-refractivity contribution in [1.29, 1.82) is 0 Å². The highest BCUT2D eigenvalue weighted by molar-refractivity contribution is 5.85. The number of H-pyrrole nitrogens is 1. The van der Waals surface area contributed by atoms with E-state index in [1.807, 2.05) is 20.8 Å². The lowest BCUT2D eigenvalue weighted by molar-refractivity contribution is -0.00654. The molecular formula is C11H21Cl2N5O2. The first-order valence-corrected chi connectivity index (χ1v) is 5.89. The van der Waals surface area contributed by atoms with Crippen LogP contribution in [0.15, 0.2) is 4.79 Å². The van der Waals surface area contributed by atoms with Gasteiger partial charge in [-0.25, -0.2) is 0 Å². The molecule has 0 bridgehead atoms. The van der Waals surface area contributed by atoms with E-state index in [0.29, 0.717) is 24.7 Å². The SMILES string of the molecule is CC(C)(C)OCC1CNc2nc(N)[nH]c(=O)c2N1.Cl.Cl. The second-order valence-corrected chi connectivity index (χ2v) is 5.32. The summed E-state index contributed by atoms with van der Waals surface area (Å²) in [6.45, 7) is 7.13. The van der Waals surface area contributed by atoms with E-state index < -0.39 is 0 Å². The lowest BCUT2D eigenvalue weighted by Crippen LogP contribution is -2.41. The molecule has 116 valence electrons. The molecule has 2 rings (SSSR count). The highest BCUT2D eigenvalue weighted by Crippen LogP contribution is 2.20. The Bertz CT molecular complexity index is 501. The molecule has 9 heteroatoms. The van der Waals surface area contributed by atoms with Gasteiger partial charge in [-0.2, -0.15) is 4.98 Å². The Balaban J connectivity index is 0.00000180. The third kappa shape index (κ3) is 4.73. The number of hydrogen-bond donors (Lipinski definition) is 4. The lowest BCUT2D eigenvalue weighted by atomic mass is 10.2. The molecule has 20 heavy (non-hydrogen) atoms. The summed E-state index contributed by atoms with van der Waals surface area (Å²) >= 11 is 0. The first-order chi connectivity index (χ1) is 8.35. The Morgan fingerprint density at radius 3 is 2.65 bits per heavy atom. The molecular weight excluding hydrogens is 305 g/mol. The molecule has 1 aromatic heterocycles. The van der Waals surface area contributed by atoms with E-state index >= 15 is 0 Å². The first-order valence-electron chi connectivity index (χ1n) is 5.89. The summed E-state index contributed by atoms with van der Waals surface area (Å²) in [5.74, 6) is 0.598. The number of ether oxygens (including phenoxy) is 1. The van der Waals surface area contributed by atoms with Crippen molar-refractivity contribution in [2.75, 3.05) is 29.5 Å². The summed E-state index contributed by atoms with van der Waals surface area (Å²) in [6, 6.07) is 0.0308. The minimum absolute atomic E-state index is 0. The molecule has 5 N–H and O–H groups in total. The molecule has 1 atom stereocenters. The van der Waals surface area contributed by atoms with Crippen LogP contribution in [0.25, 0.3) is 0 Å². The minimum Gasteiger partial charge on any atom is -0.374 e. The van der Waals surface area contributed by atoms with Crippen LogP contribution in [0.3, 0.4) is 0 Å². The number of anilines is 3. The average molecular weight is 326 g/mol. The largest absolute Gasteiger partial charge is 0.374 e. The minimum atomic E-state index is -0.273. The van der Waals surface area contributed by atoms with E-state index in [1.165, 1.54) is 0 Å². The van der Waals surface area contributed by atoms with Crippen molar-refractivity contribution in [2.24, 2.45) is 0 Å². The highest BCUT2D eigenvalue weighted by Gasteiger charge is 2.23. The maximum atomic E-state index is 11.7. The lowest BCUT2D eigenvalue weighted by Gasteiger charge is -2.29. The van der Waals surface area contributed by atoms with Gasteiger partial charge in [0.1, 0.15) is 5.69 Å². The van der Waals surface area contributed by atoms with Gasteiger partial charge in [0.05, 0.1) is 18.2 Å². The zero-order chi connectivity index (χ0) is 13.3. The molecule has 7 nitrogen and oxygen atoms in total. The topological polar surface area (TPSA) is 105 Å². The second kappa shape index (κ2) is 7.01. The van der Waals surface area contributed by atoms with Crippen LogP contribution in [0.1, 0.15) is 20.8 Å². The molecule has 0 spiro atoms. The summed E-state index contributed by atoms with van der Waals surface area (Å²) in [5, 5.41) is 6.19. The summed E-state index contributed by atoms with van der Waals surface area (Å²) in [5.41, 5.74) is 5.42. The predicted molar refractivity (Wildman–Crippen MR) is 85.4 cm³/mol. The smallest absolute Gasteiger partial charge is 0.277 e. The number of fused-ring (bicyclic) bond motifs is 1. The summed E-state index contributed by atoms with van der Waals surface area (Å²) < 4.78 is 5.69. The fourth-order valence-corrected chi connectivity index (χ4v) is 1.68. The summed E-state index contributed by atoms with van der Waals surface area (Å²) in [4.78, 5) is 18.2. The Kier molecular flexibility index (Phi) is 6.60. The van der Waals surface area contributed by atoms with Crippen molar-refractivity contribution in [3.05, 3.63) is 10.4 Å². The van der Waals surface area contributed by atoms with Crippen LogP contribution < -0.4 is 21.9 Å². The Morgan fingerprint density at radius 1 is 1.40 bits per heavy atom. The average Bonchev–Trinajstić information content (AvgIpc) is 2.25. The zero-order valence-electron chi connectivity index (χ0n) is 11.6. The van der Waals surface area contributed by atoms with Crippen molar-refractivity contribution < 1.29 is 4.74 Å².